The third kappa shape index (κ3) is 3.14. The van der Waals surface area contributed by atoms with Gasteiger partial charge in [-0.3, -0.25) is 0 Å². The Kier molecular flexibility index (Phi) is 4.94. The second-order valence-electron chi connectivity index (χ2n) is 9.94. The first-order chi connectivity index (χ1) is 17.6. The van der Waals surface area contributed by atoms with Crippen molar-refractivity contribution in [2.75, 3.05) is 0 Å². The highest BCUT2D eigenvalue weighted by molar-refractivity contribution is 9.10. The molecule has 0 aliphatic heterocycles. The molecule has 0 radical (unpaired) electrons. The number of hydrogen-bond donors (Lipinski definition) is 0. The van der Waals surface area contributed by atoms with Crippen molar-refractivity contribution in [2.24, 2.45) is 0 Å². The lowest BCUT2D eigenvalue weighted by molar-refractivity contribution is 1.52. The van der Waals surface area contributed by atoms with Crippen LogP contribution in [-0.4, -0.2) is 6.71 Å². The SMILES string of the molecule is Cc1cc(Br)c2ccc3c(C)cc(B(c4ccccc4)c4cccc5ccccc45)c4ccc1c2c34. The molecule has 0 aromatic heterocycles. The molecule has 0 amide bonds. The Labute approximate surface area is 220 Å². The van der Waals surface area contributed by atoms with Gasteiger partial charge in [0, 0.05) is 4.47 Å². The molecular formula is C34H24BBr. The van der Waals surface area contributed by atoms with Gasteiger partial charge in [0.1, 0.15) is 0 Å². The van der Waals surface area contributed by atoms with Gasteiger partial charge in [0.15, 0.2) is 0 Å². The summed E-state index contributed by atoms with van der Waals surface area (Å²) in [5.41, 5.74) is 6.67. The van der Waals surface area contributed by atoms with E-state index in [0.717, 1.165) is 0 Å². The normalized spacial score (nSPS) is 11.8. The zero-order chi connectivity index (χ0) is 24.4. The van der Waals surface area contributed by atoms with Crippen molar-refractivity contribution < 1.29 is 0 Å². The highest BCUT2D eigenvalue weighted by Crippen LogP contribution is 2.39. The summed E-state index contributed by atoms with van der Waals surface area (Å²) in [6.07, 6.45) is 0. The van der Waals surface area contributed by atoms with Gasteiger partial charge in [0.2, 0.25) is 6.71 Å². The zero-order valence-corrected chi connectivity index (χ0v) is 21.9. The average Bonchev–Trinajstić information content (AvgIpc) is 2.91. The maximum Gasteiger partial charge on any atom is 0.242 e. The van der Waals surface area contributed by atoms with E-state index in [2.05, 4.69) is 139 Å². The van der Waals surface area contributed by atoms with Gasteiger partial charge in [0.05, 0.1) is 0 Å². The number of benzene rings is 7. The summed E-state index contributed by atoms with van der Waals surface area (Å²) in [7, 11) is 0. The molecule has 0 saturated heterocycles. The standard InChI is InChI=1S/C34H24BBr/c1-21-19-31(28-17-15-26-22(2)20-32(36)29-18-16-25(21)33(28)34(26)29)35(24-11-4-3-5-12-24)30-14-8-10-23-9-6-7-13-27(23)30/h3-20H,1-2H3. The molecule has 0 unspecified atom stereocenters. The lowest BCUT2D eigenvalue weighted by Crippen LogP contribution is -2.52. The van der Waals surface area contributed by atoms with Gasteiger partial charge in [-0.1, -0.05) is 135 Å². The molecule has 0 bridgehead atoms. The quantitative estimate of drug-likeness (QED) is 0.165. The molecule has 0 heterocycles. The summed E-state index contributed by atoms with van der Waals surface area (Å²) in [4.78, 5) is 0. The molecule has 2 heteroatoms. The lowest BCUT2D eigenvalue weighted by atomic mass is 9.35. The summed E-state index contributed by atoms with van der Waals surface area (Å²) >= 11 is 3.86. The van der Waals surface area contributed by atoms with Gasteiger partial charge in [-0.05, 0) is 74.1 Å². The first-order valence-electron chi connectivity index (χ1n) is 12.5. The summed E-state index contributed by atoms with van der Waals surface area (Å²) in [5.74, 6) is 0. The molecule has 7 rings (SSSR count). The maximum atomic E-state index is 3.86. The van der Waals surface area contributed by atoms with E-state index in [9.17, 15) is 0 Å². The summed E-state index contributed by atoms with van der Waals surface area (Å²) in [6.45, 7) is 4.61. The molecule has 0 fully saturated rings. The number of rotatable bonds is 3. The Hall–Kier alpha value is -3.62. The molecule has 0 atom stereocenters. The van der Waals surface area contributed by atoms with Crippen molar-refractivity contribution in [3.8, 4) is 0 Å². The summed E-state index contributed by atoms with van der Waals surface area (Å²) in [6, 6.07) is 40.5. The highest BCUT2D eigenvalue weighted by Gasteiger charge is 2.27. The van der Waals surface area contributed by atoms with E-state index in [1.807, 2.05) is 0 Å². The summed E-state index contributed by atoms with van der Waals surface area (Å²) in [5, 5.41) is 10.6. The van der Waals surface area contributed by atoms with E-state index in [4.69, 9.17) is 0 Å². The van der Waals surface area contributed by atoms with Crippen LogP contribution < -0.4 is 16.4 Å². The fourth-order valence-corrected chi connectivity index (χ4v) is 6.91. The maximum absolute atomic E-state index is 3.86. The van der Waals surface area contributed by atoms with Crippen LogP contribution >= 0.6 is 15.9 Å². The Morgan fingerprint density at radius 1 is 0.500 bits per heavy atom. The van der Waals surface area contributed by atoms with Crippen LogP contribution in [0.5, 0.6) is 0 Å². The van der Waals surface area contributed by atoms with Crippen LogP contribution in [0, 0.1) is 13.8 Å². The number of aryl methyl sites for hydroxylation is 2. The van der Waals surface area contributed by atoms with Crippen molar-refractivity contribution in [3.05, 3.63) is 125 Å². The van der Waals surface area contributed by atoms with Crippen molar-refractivity contribution in [3.63, 3.8) is 0 Å². The first kappa shape index (κ1) is 21.7. The molecule has 170 valence electrons. The van der Waals surface area contributed by atoms with E-state index in [-0.39, 0.29) is 6.71 Å². The monoisotopic (exact) mass is 522 g/mol. The molecule has 0 N–H and O–H groups in total. The van der Waals surface area contributed by atoms with E-state index < -0.39 is 0 Å². The minimum Gasteiger partial charge on any atom is -0.0686 e. The average molecular weight is 523 g/mol. The van der Waals surface area contributed by atoms with E-state index in [1.54, 1.807) is 0 Å². The van der Waals surface area contributed by atoms with Crippen molar-refractivity contribution >= 4 is 82.1 Å². The third-order valence-corrected chi connectivity index (χ3v) is 8.53. The van der Waals surface area contributed by atoms with Crippen molar-refractivity contribution in [1.82, 2.24) is 0 Å². The van der Waals surface area contributed by atoms with Crippen LogP contribution in [-0.2, 0) is 0 Å². The van der Waals surface area contributed by atoms with Crippen LogP contribution in [0.25, 0.3) is 43.1 Å². The lowest BCUT2D eigenvalue weighted by Gasteiger charge is -2.23. The molecule has 0 aliphatic rings. The first-order valence-corrected chi connectivity index (χ1v) is 13.3. The third-order valence-electron chi connectivity index (χ3n) is 7.87. The minimum absolute atomic E-state index is 0.130. The van der Waals surface area contributed by atoms with Gasteiger partial charge >= 0.3 is 0 Å². The second kappa shape index (κ2) is 8.22. The predicted octanol–water partition coefficient (Wildman–Crippen LogP) is 7.63. The molecular weight excluding hydrogens is 499 g/mol. The van der Waals surface area contributed by atoms with Gasteiger partial charge in [-0.25, -0.2) is 0 Å². The molecule has 0 aliphatic carbocycles. The Morgan fingerprint density at radius 2 is 1.11 bits per heavy atom. The van der Waals surface area contributed by atoms with Crippen LogP contribution in [0.3, 0.4) is 0 Å². The van der Waals surface area contributed by atoms with E-state index >= 15 is 0 Å². The molecule has 0 nitrogen and oxygen atoms in total. The Balaban J connectivity index is 1.65. The van der Waals surface area contributed by atoms with Gasteiger partial charge in [0.25, 0.3) is 0 Å². The van der Waals surface area contributed by atoms with Crippen molar-refractivity contribution in [1.29, 1.82) is 0 Å². The molecule has 0 saturated carbocycles. The fraction of sp³-hybridized carbons (Fsp3) is 0.0588. The fourth-order valence-electron chi connectivity index (χ4n) is 6.24. The minimum atomic E-state index is 0.130. The van der Waals surface area contributed by atoms with E-state index in [1.165, 1.54) is 75.1 Å². The van der Waals surface area contributed by atoms with Crippen LogP contribution in [0.2, 0.25) is 0 Å². The molecule has 7 aromatic rings. The van der Waals surface area contributed by atoms with Crippen LogP contribution in [0.1, 0.15) is 11.1 Å². The zero-order valence-electron chi connectivity index (χ0n) is 20.3. The van der Waals surface area contributed by atoms with E-state index in [0.29, 0.717) is 0 Å². The molecule has 7 aromatic carbocycles. The Morgan fingerprint density at radius 3 is 1.92 bits per heavy atom. The van der Waals surface area contributed by atoms with Gasteiger partial charge in [-0.15, -0.1) is 0 Å². The number of hydrogen-bond acceptors (Lipinski definition) is 0. The van der Waals surface area contributed by atoms with Gasteiger partial charge in [-0.2, -0.15) is 0 Å². The Bertz CT molecular complexity index is 1890. The number of fused-ring (bicyclic) bond motifs is 1. The molecule has 0 spiro atoms. The molecule has 36 heavy (non-hydrogen) atoms. The predicted molar refractivity (Wildman–Crippen MR) is 162 cm³/mol. The van der Waals surface area contributed by atoms with Gasteiger partial charge < -0.3 is 0 Å². The topological polar surface area (TPSA) is 0 Å². The van der Waals surface area contributed by atoms with Crippen LogP contribution in [0.4, 0.5) is 0 Å². The second-order valence-corrected chi connectivity index (χ2v) is 10.8. The smallest absolute Gasteiger partial charge is 0.0686 e. The number of halogens is 1. The highest BCUT2D eigenvalue weighted by atomic mass is 79.9. The largest absolute Gasteiger partial charge is 0.242 e. The van der Waals surface area contributed by atoms with Crippen molar-refractivity contribution in [2.45, 2.75) is 13.8 Å². The summed E-state index contributed by atoms with van der Waals surface area (Å²) < 4.78 is 1.17. The van der Waals surface area contributed by atoms with Crippen LogP contribution in [0.15, 0.2) is 114 Å².